The van der Waals surface area contributed by atoms with Crippen molar-refractivity contribution in [2.24, 2.45) is 5.41 Å². The van der Waals surface area contributed by atoms with Gasteiger partial charge in [0.15, 0.2) is 0 Å². The van der Waals surface area contributed by atoms with Crippen LogP contribution in [-0.4, -0.2) is 12.6 Å². The Morgan fingerprint density at radius 3 is 3.05 bits per heavy atom. The van der Waals surface area contributed by atoms with Crippen molar-refractivity contribution >= 4 is 0 Å². The number of fused-ring (bicyclic) bond motifs is 1. The molecule has 1 fully saturated rings. The average molecular weight is 259 g/mol. The van der Waals surface area contributed by atoms with Gasteiger partial charge in [0.05, 0.1) is 6.61 Å². The third-order valence-electron chi connectivity index (χ3n) is 4.81. The highest BCUT2D eigenvalue weighted by atomic mass is 16.5. The maximum absolute atomic E-state index is 5.56. The zero-order valence-electron chi connectivity index (χ0n) is 12.2. The lowest BCUT2D eigenvalue weighted by atomic mass is 9.73. The van der Waals surface area contributed by atoms with Crippen LogP contribution in [0.3, 0.4) is 0 Å². The van der Waals surface area contributed by atoms with E-state index in [2.05, 4.69) is 37.4 Å². The van der Waals surface area contributed by atoms with Crippen LogP contribution >= 0.6 is 0 Å². The summed E-state index contributed by atoms with van der Waals surface area (Å²) in [6.07, 6.45) is 6.50. The van der Waals surface area contributed by atoms with Gasteiger partial charge in [-0.05, 0) is 35.4 Å². The van der Waals surface area contributed by atoms with Crippen LogP contribution in [0.25, 0.3) is 0 Å². The molecule has 1 saturated carbocycles. The van der Waals surface area contributed by atoms with Gasteiger partial charge < -0.3 is 10.1 Å². The standard InChI is InChI=1S/C17H25NO/c1-17(2)9-4-3-5-16(17)18-12-13-6-7-15-14(11-13)8-10-19-15/h6-7,11,16,18H,3-5,8-10,12H2,1-2H3. The molecule has 0 saturated heterocycles. The summed E-state index contributed by atoms with van der Waals surface area (Å²) in [6, 6.07) is 7.30. The lowest BCUT2D eigenvalue weighted by Crippen LogP contribution is -2.43. The summed E-state index contributed by atoms with van der Waals surface area (Å²) in [4.78, 5) is 0. The van der Waals surface area contributed by atoms with E-state index in [0.717, 1.165) is 25.3 Å². The Balaban J connectivity index is 1.62. The first kappa shape index (κ1) is 13.0. The van der Waals surface area contributed by atoms with E-state index in [4.69, 9.17) is 4.74 Å². The van der Waals surface area contributed by atoms with Crippen LogP contribution in [0.4, 0.5) is 0 Å². The predicted molar refractivity (Wildman–Crippen MR) is 78.5 cm³/mol. The van der Waals surface area contributed by atoms with Gasteiger partial charge in [0.25, 0.3) is 0 Å². The number of benzene rings is 1. The van der Waals surface area contributed by atoms with E-state index in [1.54, 1.807) is 0 Å². The highest BCUT2D eigenvalue weighted by Gasteiger charge is 2.31. The first-order valence-corrected chi connectivity index (χ1v) is 7.63. The molecule has 0 amide bonds. The van der Waals surface area contributed by atoms with Crippen molar-refractivity contribution in [3.8, 4) is 5.75 Å². The molecule has 2 nitrogen and oxygen atoms in total. The lowest BCUT2D eigenvalue weighted by molar-refractivity contribution is 0.167. The molecule has 0 bridgehead atoms. The highest BCUT2D eigenvalue weighted by Crippen LogP contribution is 2.35. The monoisotopic (exact) mass is 259 g/mol. The summed E-state index contributed by atoms with van der Waals surface area (Å²) in [7, 11) is 0. The zero-order valence-corrected chi connectivity index (χ0v) is 12.2. The van der Waals surface area contributed by atoms with E-state index in [1.165, 1.54) is 36.8 Å². The van der Waals surface area contributed by atoms with Gasteiger partial charge in [0.1, 0.15) is 5.75 Å². The molecule has 1 aliphatic heterocycles. The molecular weight excluding hydrogens is 234 g/mol. The van der Waals surface area contributed by atoms with Crippen molar-refractivity contribution in [3.05, 3.63) is 29.3 Å². The van der Waals surface area contributed by atoms with Crippen molar-refractivity contribution in [1.29, 1.82) is 0 Å². The molecule has 3 rings (SSSR count). The number of nitrogens with one attached hydrogen (secondary N) is 1. The number of rotatable bonds is 3. The van der Waals surface area contributed by atoms with Gasteiger partial charge in [0, 0.05) is 19.0 Å². The van der Waals surface area contributed by atoms with Crippen LogP contribution < -0.4 is 10.1 Å². The van der Waals surface area contributed by atoms with Gasteiger partial charge in [0.2, 0.25) is 0 Å². The second-order valence-electron chi connectivity index (χ2n) is 6.71. The zero-order chi connectivity index (χ0) is 13.3. The van der Waals surface area contributed by atoms with Crippen LogP contribution in [-0.2, 0) is 13.0 Å². The third kappa shape index (κ3) is 2.79. The van der Waals surface area contributed by atoms with Gasteiger partial charge in [-0.15, -0.1) is 0 Å². The van der Waals surface area contributed by atoms with Gasteiger partial charge in [-0.3, -0.25) is 0 Å². The first-order chi connectivity index (χ1) is 9.15. The quantitative estimate of drug-likeness (QED) is 0.894. The van der Waals surface area contributed by atoms with Gasteiger partial charge in [-0.25, -0.2) is 0 Å². The molecule has 1 aromatic rings. The van der Waals surface area contributed by atoms with Crippen LogP contribution in [0.2, 0.25) is 0 Å². The highest BCUT2D eigenvalue weighted by molar-refractivity contribution is 5.39. The topological polar surface area (TPSA) is 21.3 Å². The molecule has 1 unspecified atom stereocenters. The fourth-order valence-corrected chi connectivity index (χ4v) is 3.46. The summed E-state index contributed by atoms with van der Waals surface area (Å²) in [6.45, 7) is 6.64. The maximum atomic E-state index is 5.56. The third-order valence-corrected chi connectivity index (χ3v) is 4.81. The average Bonchev–Trinajstić information content (AvgIpc) is 2.84. The Morgan fingerprint density at radius 1 is 1.32 bits per heavy atom. The molecular formula is C17H25NO. The lowest BCUT2D eigenvalue weighted by Gasteiger charge is -2.39. The Kier molecular flexibility index (Phi) is 3.53. The minimum absolute atomic E-state index is 0.443. The smallest absolute Gasteiger partial charge is 0.122 e. The van der Waals surface area contributed by atoms with Gasteiger partial charge in [-0.2, -0.15) is 0 Å². The number of hydrogen-bond acceptors (Lipinski definition) is 2. The van der Waals surface area contributed by atoms with Gasteiger partial charge >= 0.3 is 0 Å². The second kappa shape index (κ2) is 5.16. The van der Waals surface area contributed by atoms with Crippen molar-refractivity contribution in [2.45, 2.75) is 58.5 Å². The molecule has 0 aromatic heterocycles. The molecule has 1 aromatic carbocycles. The van der Waals surface area contributed by atoms with E-state index in [0.29, 0.717) is 11.5 Å². The summed E-state index contributed by atoms with van der Waals surface area (Å²) in [5.74, 6) is 1.08. The van der Waals surface area contributed by atoms with Gasteiger partial charge in [-0.1, -0.05) is 38.8 Å². The Labute approximate surface area is 116 Å². The minimum Gasteiger partial charge on any atom is -0.493 e. The molecule has 2 heteroatoms. The van der Waals surface area contributed by atoms with Crippen LogP contribution in [0.15, 0.2) is 18.2 Å². The summed E-state index contributed by atoms with van der Waals surface area (Å²) < 4.78 is 5.56. The van der Waals surface area contributed by atoms with E-state index >= 15 is 0 Å². The molecule has 0 radical (unpaired) electrons. The molecule has 1 N–H and O–H groups in total. The van der Waals surface area contributed by atoms with Crippen molar-refractivity contribution in [2.75, 3.05) is 6.61 Å². The second-order valence-corrected chi connectivity index (χ2v) is 6.71. The molecule has 1 aliphatic carbocycles. The molecule has 104 valence electrons. The molecule has 1 atom stereocenters. The van der Waals surface area contributed by atoms with Crippen molar-refractivity contribution < 1.29 is 4.74 Å². The molecule has 0 spiro atoms. The SMILES string of the molecule is CC1(C)CCCCC1NCc1ccc2c(c1)CCO2. The Morgan fingerprint density at radius 2 is 2.21 bits per heavy atom. The van der Waals surface area contributed by atoms with E-state index in [9.17, 15) is 0 Å². The Hall–Kier alpha value is -1.02. The van der Waals surface area contributed by atoms with E-state index in [1.807, 2.05) is 0 Å². The molecule has 19 heavy (non-hydrogen) atoms. The van der Waals surface area contributed by atoms with Crippen LogP contribution in [0.5, 0.6) is 5.75 Å². The largest absolute Gasteiger partial charge is 0.493 e. The fraction of sp³-hybridized carbons (Fsp3) is 0.647. The van der Waals surface area contributed by atoms with Crippen molar-refractivity contribution in [1.82, 2.24) is 5.32 Å². The van der Waals surface area contributed by atoms with Crippen LogP contribution in [0, 0.1) is 5.41 Å². The molecule has 2 aliphatic rings. The minimum atomic E-state index is 0.443. The van der Waals surface area contributed by atoms with Crippen molar-refractivity contribution in [3.63, 3.8) is 0 Å². The van der Waals surface area contributed by atoms with Crippen LogP contribution in [0.1, 0.15) is 50.7 Å². The predicted octanol–water partition coefficient (Wildman–Crippen LogP) is 3.68. The number of hydrogen-bond donors (Lipinski definition) is 1. The van der Waals surface area contributed by atoms with E-state index in [-0.39, 0.29) is 0 Å². The maximum Gasteiger partial charge on any atom is 0.122 e. The summed E-state index contributed by atoms with van der Waals surface area (Å²) in [5, 5.41) is 3.78. The fourth-order valence-electron chi connectivity index (χ4n) is 3.46. The first-order valence-electron chi connectivity index (χ1n) is 7.63. The Bertz CT molecular complexity index is 453. The summed E-state index contributed by atoms with van der Waals surface area (Å²) >= 11 is 0. The van der Waals surface area contributed by atoms with E-state index < -0.39 is 0 Å². The number of ether oxygens (including phenoxy) is 1. The summed E-state index contributed by atoms with van der Waals surface area (Å²) in [5.41, 5.74) is 3.21. The normalized spacial score (nSPS) is 24.8. The molecule has 1 heterocycles.